The van der Waals surface area contributed by atoms with Gasteiger partial charge in [0.1, 0.15) is 6.10 Å². The van der Waals surface area contributed by atoms with Crippen molar-refractivity contribution < 1.29 is 44.2 Å². The maximum atomic E-state index is 12.9. The average Bonchev–Trinajstić information content (AvgIpc) is 3.06. The molecule has 10 heteroatoms. The molecule has 0 fully saturated rings. The third-order valence-corrected chi connectivity index (χ3v) is 9.52. The first-order chi connectivity index (χ1) is 23.4. The number of hydrogen-bond acceptors (Lipinski definition) is 6. The summed E-state index contributed by atoms with van der Waals surface area (Å²) in [6.07, 6.45) is 35.1. The number of aliphatic hydroxyl groups is 3. The number of hydrogen-bond donors (Lipinski definition) is 6. The number of carbonyl (C=O) groups is 2. The molecule has 0 saturated heterocycles. The van der Waals surface area contributed by atoms with Gasteiger partial charge in [0.2, 0.25) is 5.60 Å². The van der Waals surface area contributed by atoms with Crippen LogP contribution in [-0.4, -0.2) is 59.9 Å². The summed E-state index contributed by atoms with van der Waals surface area (Å²) in [7, 11) is -4.64. The van der Waals surface area contributed by atoms with Crippen LogP contribution < -0.4 is 0 Å². The minimum absolute atomic E-state index is 0.0659. The van der Waals surface area contributed by atoms with Gasteiger partial charge in [0.15, 0.2) is 11.6 Å². The van der Waals surface area contributed by atoms with Crippen LogP contribution in [0.15, 0.2) is 0 Å². The highest BCUT2D eigenvalue weighted by Crippen LogP contribution is 2.26. The van der Waals surface area contributed by atoms with E-state index in [9.17, 15) is 24.9 Å². The molecule has 49 heavy (non-hydrogen) atoms. The number of ketones is 2. The van der Waals surface area contributed by atoms with Crippen LogP contribution >= 0.6 is 7.82 Å². The molecule has 0 bridgehead atoms. The highest BCUT2D eigenvalue weighted by Gasteiger charge is 2.48. The normalized spacial score (nSPS) is 12.5. The molecule has 0 heterocycles. The summed E-state index contributed by atoms with van der Waals surface area (Å²) in [5, 5.41) is 30.6. The predicted octanol–water partition coefficient (Wildman–Crippen LogP) is 9.80. The largest absolute Gasteiger partial charge is 0.466 e. The number of aliphatic hydroxyl groups excluding tert-OH is 2. The lowest BCUT2D eigenvalue weighted by Crippen LogP contribution is -2.57. The van der Waals surface area contributed by atoms with Gasteiger partial charge >= 0.3 is 7.82 Å². The molecule has 0 spiro atoms. The molecule has 0 aromatic rings. The fraction of sp³-hybridized carbons (Fsp3) is 0.949. The Morgan fingerprint density at radius 1 is 0.469 bits per heavy atom. The second kappa shape index (κ2) is 35.7. The third kappa shape index (κ3) is 34.2. The van der Waals surface area contributed by atoms with Crippen molar-refractivity contribution in [3.8, 4) is 0 Å². The molecule has 0 aromatic carbocycles. The molecule has 0 aliphatic rings. The molecule has 1 unspecified atom stereocenters. The molecule has 0 saturated carbocycles. The molecule has 294 valence electrons. The van der Waals surface area contributed by atoms with E-state index < -0.39 is 37.7 Å². The minimum atomic E-state index is -4.64. The summed E-state index contributed by atoms with van der Waals surface area (Å²) < 4.78 is 8.88. The van der Waals surface area contributed by atoms with Gasteiger partial charge in [-0.05, 0) is 12.8 Å². The molecular weight excluding hydrogens is 643 g/mol. The van der Waals surface area contributed by atoms with Gasteiger partial charge in [-0.25, -0.2) is 4.57 Å². The van der Waals surface area contributed by atoms with Crippen LogP contribution in [-0.2, 0) is 14.2 Å². The predicted molar refractivity (Wildman–Crippen MR) is 201 cm³/mol. The van der Waals surface area contributed by atoms with Crippen LogP contribution in [0.3, 0.4) is 0 Å². The summed E-state index contributed by atoms with van der Waals surface area (Å²) in [5.41, 5.74) is -2.47. The molecular formula is C39H79O9P. The van der Waals surface area contributed by atoms with Gasteiger partial charge in [-0.1, -0.05) is 194 Å². The number of phosphoric acid groups is 1. The molecule has 6 N–H and O–H groups in total. The van der Waals surface area contributed by atoms with E-state index in [4.69, 9.17) is 19.2 Å². The highest BCUT2D eigenvalue weighted by molar-refractivity contribution is 7.45. The molecule has 9 nitrogen and oxygen atoms in total. The summed E-state index contributed by atoms with van der Waals surface area (Å²) in [4.78, 5) is 47.3. The standard InChI is InChI=1S/C39H76O5.H3O4P/c1-3-5-7-9-11-13-15-17-19-21-23-25-27-29-31-33-36(41)39(44,38(43)35-40)37(42)34-32-30-28-26-24-22-20-18-16-14-12-10-8-6-4-2;1-5(2,3)4/h38,40,43-44H,3-35H2,1-2H3;(H3,1,2,3,4). The Balaban J connectivity index is 0. The molecule has 0 radical (unpaired) electrons. The van der Waals surface area contributed by atoms with E-state index in [-0.39, 0.29) is 12.8 Å². The van der Waals surface area contributed by atoms with E-state index in [1.807, 2.05) is 0 Å². The van der Waals surface area contributed by atoms with E-state index in [1.54, 1.807) is 0 Å². The van der Waals surface area contributed by atoms with Crippen molar-refractivity contribution in [3.63, 3.8) is 0 Å². The first kappa shape index (κ1) is 50.4. The maximum absolute atomic E-state index is 12.9. The lowest BCUT2D eigenvalue weighted by Gasteiger charge is -2.29. The first-order valence-electron chi connectivity index (χ1n) is 20.3. The Bertz CT molecular complexity index is 732. The van der Waals surface area contributed by atoms with Crippen molar-refractivity contribution in [1.29, 1.82) is 0 Å². The van der Waals surface area contributed by atoms with Crippen LogP contribution in [0.25, 0.3) is 0 Å². The number of unbranched alkanes of at least 4 members (excludes halogenated alkanes) is 28. The van der Waals surface area contributed by atoms with Gasteiger partial charge in [0.25, 0.3) is 0 Å². The van der Waals surface area contributed by atoms with E-state index in [0.29, 0.717) is 12.8 Å². The van der Waals surface area contributed by atoms with Gasteiger partial charge in [-0.15, -0.1) is 0 Å². The van der Waals surface area contributed by atoms with Crippen molar-refractivity contribution in [2.75, 3.05) is 6.61 Å². The van der Waals surface area contributed by atoms with Crippen LogP contribution in [0.2, 0.25) is 0 Å². The Morgan fingerprint density at radius 3 is 0.837 bits per heavy atom. The summed E-state index contributed by atoms with van der Waals surface area (Å²) in [6.45, 7) is 3.72. The Hall–Kier alpha value is -0.670. The third-order valence-electron chi connectivity index (χ3n) is 9.52. The van der Waals surface area contributed by atoms with E-state index >= 15 is 0 Å². The minimum Gasteiger partial charge on any atom is -0.394 e. The SMILES string of the molecule is CCCCCCCCCCCCCCCCCC(=O)C(O)(C(=O)CCCCCCCCCCCCCCCCC)C(O)CO.O=P(O)(O)O. The van der Waals surface area contributed by atoms with Crippen molar-refractivity contribution in [3.05, 3.63) is 0 Å². The average molecular weight is 723 g/mol. The fourth-order valence-electron chi connectivity index (χ4n) is 6.35. The summed E-state index contributed by atoms with van der Waals surface area (Å²) in [6, 6.07) is 0. The van der Waals surface area contributed by atoms with Crippen LogP contribution in [0.4, 0.5) is 0 Å². The molecule has 0 aromatic heterocycles. The van der Waals surface area contributed by atoms with Gasteiger partial charge < -0.3 is 30.0 Å². The maximum Gasteiger partial charge on any atom is 0.466 e. The lowest BCUT2D eigenvalue weighted by molar-refractivity contribution is -0.166. The van der Waals surface area contributed by atoms with Crippen molar-refractivity contribution in [2.45, 2.75) is 231 Å². The lowest BCUT2D eigenvalue weighted by atomic mass is 9.82. The summed E-state index contributed by atoms with van der Waals surface area (Å²) in [5.74, 6) is -1.28. The molecule has 0 amide bonds. The smallest absolute Gasteiger partial charge is 0.394 e. The second-order valence-corrected chi connectivity index (χ2v) is 15.3. The second-order valence-electron chi connectivity index (χ2n) is 14.2. The zero-order chi connectivity index (χ0) is 37.1. The van der Waals surface area contributed by atoms with E-state index in [1.165, 1.54) is 141 Å². The summed E-state index contributed by atoms with van der Waals surface area (Å²) >= 11 is 0. The molecule has 0 aliphatic carbocycles. The zero-order valence-corrected chi connectivity index (χ0v) is 32.7. The topological polar surface area (TPSA) is 173 Å². The Kier molecular flexibility index (Phi) is 36.8. The Morgan fingerprint density at radius 2 is 0.653 bits per heavy atom. The van der Waals surface area contributed by atoms with Gasteiger partial charge in [0.05, 0.1) is 6.61 Å². The van der Waals surface area contributed by atoms with Crippen molar-refractivity contribution in [1.82, 2.24) is 0 Å². The highest BCUT2D eigenvalue weighted by atomic mass is 31.2. The van der Waals surface area contributed by atoms with Crippen LogP contribution in [0, 0.1) is 0 Å². The molecule has 1 atom stereocenters. The quantitative estimate of drug-likeness (QED) is 0.0209. The Labute approximate surface area is 300 Å². The fourth-order valence-corrected chi connectivity index (χ4v) is 6.35. The first-order valence-corrected chi connectivity index (χ1v) is 21.9. The van der Waals surface area contributed by atoms with Gasteiger partial charge in [-0.3, -0.25) is 9.59 Å². The zero-order valence-electron chi connectivity index (χ0n) is 31.8. The number of rotatable bonds is 36. The van der Waals surface area contributed by atoms with E-state index in [0.717, 1.165) is 38.5 Å². The van der Waals surface area contributed by atoms with E-state index in [2.05, 4.69) is 13.8 Å². The molecule has 0 aliphatic heterocycles. The van der Waals surface area contributed by atoms with Crippen molar-refractivity contribution in [2.24, 2.45) is 0 Å². The molecule has 0 rings (SSSR count). The van der Waals surface area contributed by atoms with Gasteiger partial charge in [0, 0.05) is 12.8 Å². The van der Waals surface area contributed by atoms with Gasteiger partial charge in [-0.2, -0.15) is 0 Å². The van der Waals surface area contributed by atoms with Crippen molar-refractivity contribution >= 4 is 19.4 Å². The number of carbonyl (C=O) groups excluding carboxylic acids is 2. The van der Waals surface area contributed by atoms with Crippen LogP contribution in [0.5, 0.6) is 0 Å². The number of Topliss-reactive ketones (excluding diaryl/α,β-unsaturated/α-hetero) is 2. The monoisotopic (exact) mass is 723 g/mol. The van der Waals surface area contributed by atoms with Crippen LogP contribution in [0.1, 0.15) is 219 Å².